The molecule has 112 valence electrons. The lowest BCUT2D eigenvalue weighted by Crippen LogP contribution is -2.11. The number of benzene rings is 1. The molecular formula is C14H16N2O3S2. The van der Waals surface area contributed by atoms with Crippen LogP contribution in [0, 0.1) is 6.92 Å². The molecule has 2 aromatic rings. The van der Waals surface area contributed by atoms with Crippen molar-refractivity contribution in [1.82, 2.24) is 4.98 Å². The Kier molecular flexibility index (Phi) is 5.08. The lowest BCUT2D eigenvalue weighted by Gasteiger charge is -2.09. The normalized spacial score (nSPS) is 10.3. The zero-order valence-electron chi connectivity index (χ0n) is 12.2. The van der Waals surface area contributed by atoms with Gasteiger partial charge in [0.25, 0.3) is 5.91 Å². The van der Waals surface area contributed by atoms with E-state index in [1.807, 2.05) is 13.2 Å². The van der Waals surface area contributed by atoms with Gasteiger partial charge in [0.05, 0.1) is 24.1 Å². The molecular weight excluding hydrogens is 308 g/mol. The first-order valence-corrected chi connectivity index (χ1v) is 8.18. The van der Waals surface area contributed by atoms with Crippen molar-refractivity contribution in [3.63, 3.8) is 0 Å². The molecule has 0 atom stereocenters. The zero-order valence-corrected chi connectivity index (χ0v) is 13.9. The summed E-state index contributed by atoms with van der Waals surface area (Å²) in [7, 11) is 3.09. The second kappa shape index (κ2) is 6.82. The lowest BCUT2D eigenvalue weighted by atomic mass is 10.2. The quantitative estimate of drug-likeness (QED) is 0.854. The fraction of sp³-hybridized carbons (Fsp3) is 0.286. The second-order valence-electron chi connectivity index (χ2n) is 4.12. The highest BCUT2D eigenvalue weighted by Gasteiger charge is 2.13. The SMILES string of the molecule is COc1ccc(C(=O)Nc2nc(C)c(SC)s2)cc1OC. The molecule has 5 nitrogen and oxygen atoms in total. The highest BCUT2D eigenvalue weighted by atomic mass is 32.2. The summed E-state index contributed by atoms with van der Waals surface area (Å²) < 4.78 is 11.4. The van der Waals surface area contributed by atoms with Crippen LogP contribution in [0.25, 0.3) is 0 Å². The number of thiazole rings is 1. The van der Waals surface area contributed by atoms with Crippen LogP contribution in [0.4, 0.5) is 5.13 Å². The molecule has 0 bridgehead atoms. The molecule has 7 heteroatoms. The van der Waals surface area contributed by atoms with Crippen molar-refractivity contribution in [2.75, 3.05) is 25.8 Å². The maximum absolute atomic E-state index is 12.2. The number of aryl methyl sites for hydroxylation is 1. The largest absolute Gasteiger partial charge is 0.493 e. The van der Waals surface area contributed by atoms with E-state index in [0.29, 0.717) is 22.2 Å². The molecule has 1 heterocycles. The maximum Gasteiger partial charge on any atom is 0.257 e. The van der Waals surface area contributed by atoms with Crippen LogP contribution >= 0.6 is 23.1 Å². The highest BCUT2D eigenvalue weighted by molar-refractivity contribution is 8.00. The molecule has 0 aliphatic rings. The van der Waals surface area contributed by atoms with Gasteiger partial charge in [0.15, 0.2) is 16.6 Å². The summed E-state index contributed by atoms with van der Waals surface area (Å²) in [6, 6.07) is 5.03. The van der Waals surface area contributed by atoms with E-state index in [-0.39, 0.29) is 5.91 Å². The van der Waals surface area contributed by atoms with Crippen LogP contribution < -0.4 is 14.8 Å². The molecule has 0 spiro atoms. The van der Waals surface area contributed by atoms with Crippen molar-refractivity contribution in [3.05, 3.63) is 29.5 Å². The predicted octanol–water partition coefficient (Wildman–Crippen LogP) is 3.44. The van der Waals surface area contributed by atoms with Gasteiger partial charge in [-0.05, 0) is 31.4 Å². The van der Waals surface area contributed by atoms with Gasteiger partial charge in [-0.3, -0.25) is 10.1 Å². The minimum atomic E-state index is -0.225. The Morgan fingerprint density at radius 1 is 1.29 bits per heavy atom. The minimum absolute atomic E-state index is 0.225. The summed E-state index contributed by atoms with van der Waals surface area (Å²) >= 11 is 3.08. The van der Waals surface area contributed by atoms with Crippen molar-refractivity contribution < 1.29 is 14.3 Å². The standard InChI is InChI=1S/C14H16N2O3S2/c1-8-13(20-4)21-14(15-8)16-12(17)9-5-6-10(18-2)11(7-9)19-3/h5-7H,1-4H3,(H,15,16,17). The van der Waals surface area contributed by atoms with Gasteiger partial charge in [0.2, 0.25) is 0 Å². The molecule has 1 N–H and O–H groups in total. The number of methoxy groups -OCH3 is 2. The van der Waals surface area contributed by atoms with E-state index >= 15 is 0 Å². The second-order valence-corrected chi connectivity index (χ2v) is 6.19. The van der Waals surface area contributed by atoms with Crippen LogP contribution in [-0.4, -0.2) is 31.4 Å². The van der Waals surface area contributed by atoms with Gasteiger partial charge in [-0.25, -0.2) is 4.98 Å². The van der Waals surface area contributed by atoms with Crippen molar-refractivity contribution in [3.8, 4) is 11.5 Å². The van der Waals surface area contributed by atoms with E-state index in [0.717, 1.165) is 9.90 Å². The number of hydrogen-bond donors (Lipinski definition) is 1. The first kappa shape index (κ1) is 15.7. The van der Waals surface area contributed by atoms with Gasteiger partial charge >= 0.3 is 0 Å². The van der Waals surface area contributed by atoms with Crippen molar-refractivity contribution >= 4 is 34.1 Å². The van der Waals surface area contributed by atoms with Crippen molar-refractivity contribution in [2.24, 2.45) is 0 Å². The van der Waals surface area contributed by atoms with E-state index in [1.165, 1.54) is 18.4 Å². The minimum Gasteiger partial charge on any atom is -0.493 e. The number of nitrogens with zero attached hydrogens (tertiary/aromatic N) is 1. The summed E-state index contributed by atoms with van der Waals surface area (Å²) in [4.78, 5) is 16.6. The van der Waals surface area contributed by atoms with E-state index in [9.17, 15) is 4.79 Å². The third-order valence-corrected chi connectivity index (χ3v) is 5.09. The van der Waals surface area contributed by atoms with Gasteiger partial charge in [0.1, 0.15) is 0 Å². The number of amides is 1. The van der Waals surface area contributed by atoms with E-state index in [4.69, 9.17) is 9.47 Å². The molecule has 1 aromatic carbocycles. The number of carbonyl (C=O) groups excluding carboxylic acids is 1. The summed E-state index contributed by atoms with van der Waals surface area (Å²) in [5, 5.41) is 3.40. The Labute approximate surface area is 131 Å². The molecule has 21 heavy (non-hydrogen) atoms. The third-order valence-electron chi connectivity index (χ3n) is 2.81. The number of aromatic nitrogens is 1. The fourth-order valence-electron chi connectivity index (χ4n) is 1.77. The number of carbonyl (C=O) groups is 1. The predicted molar refractivity (Wildman–Crippen MR) is 86.1 cm³/mol. The number of rotatable bonds is 5. The zero-order chi connectivity index (χ0) is 15.4. The van der Waals surface area contributed by atoms with Gasteiger partial charge < -0.3 is 9.47 Å². The first-order chi connectivity index (χ1) is 10.1. The summed E-state index contributed by atoms with van der Waals surface area (Å²) in [5.74, 6) is 0.881. The summed E-state index contributed by atoms with van der Waals surface area (Å²) in [6.07, 6.45) is 1.99. The number of hydrogen-bond acceptors (Lipinski definition) is 6. The van der Waals surface area contributed by atoms with Crippen LogP contribution in [0.15, 0.2) is 22.4 Å². The van der Waals surface area contributed by atoms with Gasteiger partial charge in [-0.1, -0.05) is 11.3 Å². The Balaban J connectivity index is 2.19. The van der Waals surface area contributed by atoms with Gasteiger partial charge in [0, 0.05) is 5.56 Å². The monoisotopic (exact) mass is 324 g/mol. The molecule has 0 radical (unpaired) electrons. The molecule has 0 fully saturated rings. The first-order valence-electron chi connectivity index (χ1n) is 6.13. The maximum atomic E-state index is 12.2. The van der Waals surface area contributed by atoms with E-state index < -0.39 is 0 Å². The molecule has 0 saturated carbocycles. The third kappa shape index (κ3) is 3.48. The van der Waals surface area contributed by atoms with Crippen LogP contribution in [0.1, 0.15) is 16.1 Å². The molecule has 2 rings (SSSR count). The average molecular weight is 324 g/mol. The molecule has 1 aromatic heterocycles. The highest BCUT2D eigenvalue weighted by Crippen LogP contribution is 2.31. The summed E-state index contributed by atoms with van der Waals surface area (Å²) in [5.41, 5.74) is 1.42. The van der Waals surface area contributed by atoms with Crippen LogP contribution in [-0.2, 0) is 0 Å². The Morgan fingerprint density at radius 2 is 2.00 bits per heavy atom. The van der Waals surface area contributed by atoms with Crippen LogP contribution in [0.3, 0.4) is 0 Å². The van der Waals surface area contributed by atoms with Gasteiger partial charge in [-0.2, -0.15) is 0 Å². The van der Waals surface area contributed by atoms with Crippen molar-refractivity contribution in [2.45, 2.75) is 11.1 Å². The number of ether oxygens (including phenoxy) is 2. The smallest absolute Gasteiger partial charge is 0.257 e. The van der Waals surface area contributed by atoms with Gasteiger partial charge in [-0.15, -0.1) is 11.8 Å². The average Bonchev–Trinajstić information content (AvgIpc) is 2.86. The van der Waals surface area contributed by atoms with Crippen molar-refractivity contribution in [1.29, 1.82) is 0 Å². The Bertz CT molecular complexity index is 656. The Hall–Kier alpha value is -1.73. The molecule has 0 saturated heterocycles. The summed E-state index contributed by atoms with van der Waals surface area (Å²) in [6.45, 7) is 1.92. The van der Waals surface area contributed by atoms with Crippen LogP contribution in [0.2, 0.25) is 0 Å². The molecule has 0 aliphatic heterocycles. The van der Waals surface area contributed by atoms with E-state index in [2.05, 4.69) is 10.3 Å². The molecule has 0 unspecified atom stereocenters. The lowest BCUT2D eigenvalue weighted by molar-refractivity contribution is 0.102. The van der Waals surface area contributed by atoms with Crippen LogP contribution in [0.5, 0.6) is 11.5 Å². The molecule has 1 amide bonds. The fourth-order valence-corrected chi connectivity index (χ4v) is 3.38. The van der Waals surface area contributed by atoms with E-state index in [1.54, 1.807) is 37.1 Å². The number of nitrogens with one attached hydrogen (secondary N) is 1. The number of anilines is 1. The topological polar surface area (TPSA) is 60.5 Å². The number of thioether (sulfide) groups is 1. The Morgan fingerprint density at radius 3 is 2.57 bits per heavy atom. The molecule has 0 aliphatic carbocycles.